The standard InChI is InChI=1S/C17H28N4O4S/c1-25-14-2-8-19-17(22)21-12-10-20(11-13-21)9-7-15-3-5-16(6-4-15)26(18,23)24/h3-6H,2,7-14H2,1H3,(H,19,22)(H2,18,23,24). The van der Waals surface area contributed by atoms with Crippen LogP contribution in [0.15, 0.2) is 29.2 Å². The second kappa shape index (κ2) is 9.86. The van der Waals surface area contributed by atoms with Gasteiger partial charge in [-0.1, -0.05) is 12.1 Å². The van der Waals surface area contributed by atoms with Crippen molar-refractivity contribution in [2.45, 2.75) is 17.7 Å². The molecule has 0 spiro atoms. The van der Waals surface area contributed by atoms with E-state index in [2.05, 4.69) is 10.2 Å². The molecule has 0 atom stereocenters. The molecule has 1 fully saturated rings. The molecule has 1 aliphatic rings. The highest BCUT2D eigenvalue weighted by Crippen LogP contribution is 2.10. The number of ether oxygens (including phenoxy) is 1. The van der Waals surface area contributed by atoms with E-state index in [0.717, 1.165) is 38.0 Å². The van der Waals surface area contributed by atoms with Crippen LogP contribution in [0.5, 0.6) is 0 Å². The molecule has 2 rings (SSSR count). The molecule has 0 unspecified atom stereocenters. The minimum Gasteiger partial charge on any atom is -0.385 e. The van der Waals surface area contributed by atoms with Gasteiger partial charge in [-0.05, 0) is 30.5 Å². The van der Waals surface area contributed by atoms with Gasteiger partial charge in [-0.2, -0.15) is 0 Å². The van der Waals surface area contributed by atoms with Crippen molar-refractivity contribution >= 4 is 16.1 Å². The summed E-state index contributed by atoms with van der Waals surface area (Å²) < 4.78 is 27.5. The summed E-state index contributed by atoms with van der Waals surface area (Å²) in [6.07, 6.45) is 1.64. The van der Waals surface area contributed by atoms with Gasteiger partial charge >= 0.3 is 6.03 Å². The molecule has 0 aliphatic carbocycles. The Hall–Kier alpha value is -1.68. The molecule has 0 saturated carbocycles. The van der Waals surface area contributed by atoms with Crippen molar-refractivity contribution in [3.05, 3.63) is 29.8 Å². The van der Waals surface area contributed by atoms with Gasteiger partial charge in [0, 0.05) is 53.0 Å². The van der Waals surface area contributed by atoms with Crippen LogP contribution in [0.3, 0.4) is 0 Å². The zero-order chi connectivity index (χ0) is 19.0. The Balaban J connectivity index is 1.69. The van der Waals surface area contributed by atoms with E-state index in [4.69, 9.17) is 9.88 Å². The zero-order valence-corrected chi connectivity index (χ0v) is 16.0. The Morgan fingerprint density at radius 3 is 2.42 bits per heavy atom. The van der Waals surface area contributed by atoms with Crippen molar-refractivity contribution in [1.29, 1.82) is 0 Å². The molecule has 0 radical (unpaired) electrons. The van der Waals surface area contributed by atoms with Gasteiger partial charge in [0.15, 0.2) is 0 Å². The average Bonchev–Trinajstić information content (AvgIpc) is 2.63. The van der Waals surface area contributed by atoms with Crippen LogP contribution in [0.25, 0.3) is 0 Å². The van der Waals surface area contributed by atoms with E-state index in [1.54, 1.807) is 19.2 Å². The summed E-state index contributed by atoms with van der Waals surface area (Å²) in [5.41, 5.74) is 1.07. The first-order valence-electron chi connectivity index (χ1n) is 8.76. The second-order valence-corrected chi connectivity index (χ2v) is 7.91. The summed E-state index contributed by atoms with van der Waals surface area (Å²) in [5, 5.41) is 8.01. The summed E-state index contributed by atoms with van der Waals surface area (Å²) in [6.45, 7) is 5.23. The summed E-state index contributed by atoms with van der Waals surface area (Å²) in [5.74, 6) is 0. The number of nitrogens with zero attached hydrogens (tertiary/aromatic N) is 2. The van der Waals surface area contributed by atoms with Crippen molar-refractivity contribution in [3.8, 4) is 0 Å². The molecule has 0 aromatic heterocycles. The molecule has 1 aromatic rings. The Morgan fingerprint density at radius 1 is 1.19 bits per heavy atom. The number of hydrogen-bond donors (Lipinski definition) is 2. The van der Waals surface area contributed by atoms with E-state index < -0.39 is 10.0 Å². The molecular weight excluding hydrogens is 356 g/mol. The molecule has 26 heavy (non-hydrogen) atoms. The van der Waals surface area contributed by atoms with Crippen LogP contribution in [0.1, 0.15) is 12.0 Å². The smallest absolute Gasteiger partial charge is 0.317 e. The number of benzene rings is 1. The normalized spacial score (nSPS) is 15.8. The minimum absolute atomic E-state index is 0.0145. The van der Waals surface area contributed by atoms with Crippen LogP contribution in [0.2, 0.25) is 0 Å². The van der Waals surface area contributed by atoms with Crippen molar-refractivity contribution in [2.75, 3.05) is 53.0 Å². The summed E-state index contributed by atoms with van der Waals surface area (Å²) in [7, 11) is -1.99. The van der Waals surface area contributed by atoms with Gasteiger partial charge in [-0.15, -0.1) is 0 Å². The molecule has 1 aromatic carbocycles. The number of amides is 2. The molecule has 2 amide bonds. The van der Waals surface area contributed by atoms with Crippen LogP contribution in [0.4, 0.5) is 4.79 Å². The van der Waals surface area contributed by atoms with E-state index in [1.807, 2.05) is 4.90 Å². The molecule has 0 bridgehead atoms. The van der Waals surface area contributed by atoms with E-state index >= 15 is 0 Å². The highest BCUT2D eigenvalue weighted by Gasteiger charge is 2.20. The van der Waals surface area contributed by atoms with Crippen molar-refractivity contribution in [1.82, 2.24) is 15.1 Å². The van der Waals surface area contributed by atoms with E-state index in [0.29, 0.717) is 26.2 Å². The van der Waals surface area contributed by atoms with Gasteiger partial charge in [-0.3, -0.25) is 4.90 Å². The predicted octanol–water partition coefficient (Wildman–Crippen LogP) is 0.240. The summed E-state index contributed by atoms with van der Waals surface area (Å²) in [6, 6.07) is 6.65. The Kier molecular flexibility index (Phi) is 7.83. The Labute approximate surface area is 155 Å². The van der Waals surface area contributed by atoms with E-state index in [-0.39, 0.29) is 10.9 Å². The fourth-order valence-corrected chi connectivity index (χ4v) is 3.35. The maximum absolute atomic E-state index is 12.1. The monoisotopic (exact) mass is 384 g/mol. The lowest BCUT2D eigenvalue weighted by Gasteiger charge is -2.34. The van der Waals surface area contributed by atoms with Crippen molar-refractivity contribution in [3.63, 3.8) is 0 Å². The number of piperazine rings is 1. The number of primary sulfonamides is 1. The molecule has 146 valence electrons. The average molecular weight is 385 g/mol. The Morgan fingerprint density at radius 2 is 1.85 bits per heavy atom. The number of hydrogen-bond acceptors (Lipinski definition) is 5. The topological polar surface area (TPSA) is 105 Å². The lowest BCUT2D eigenvalue weighted by atomic mass is 10.1. The highest BCUT2D eigenvalue weighted by atomic mass is 32.2. The number of methoxy groups -OCH3 is 1. The minimum atomic E-state index is -3.64. The molecule has 1 saturated heterocycles. The number of nitrogens with one attached hydrogen (secondary N) is 1. The number of sulfonamides is 1. The fraction of sp³-hybridized carbons (Fsp3) is 0.588. The maximum atomic E-state index is 12.1. The molecule has 9 heteroatoms. The third-order valence-electron chi connectivity index (χ3n) is 4.43. The first-order valence-corrected chi connectivity index (χ1v) is 10.3. The van der Waals surface area contributed by atoms with Gasteiger partial charge in [0.25, 0.3) is 0 Å². The summed E-state index contributed by atoms with van der Waals surface area (Å²) >= 11 is 0. The van der Waals surface area contributed by atoms with E-state index in [1.165, 1.54) is 12.1 Å². The molecular formula is C17H28N4O4S. The third kappa shape index (κ3) is 6.56. The quantitative estimate of drug-likeness (QED) is 0.625. The first-order chi connectivity index (χ1) is 12.4. The van der Waals surface area contributed by atoms with Crippen LogP contribution in [-0.2, 0) is 21.2 Å². The van der Waals surface area contributed by atoms with Crippen LogP contribution < -0.4 is 10.5 Å². The zero-order valence-electron chi connectivity index (χ0n) is 15.2. The van der Waals surface area contributed by atoms with Gasteiger partial charge in [0.05, 0.1) is 4.90 Å². The van der Waals surface area contributed by atoms with Gasteiger partial charge in [0.2, 0.25) is 10.0 Å². The highest BCUT2D eigenvalue weighted by molar-refractivity contribution is 7.89. The largest absolute Gasteiger partial charge is 0.385 e. The van der Waals surface area contributed by atoms with Gasteiger partial charge in [0.1, 0.15) is 0 Å². The third-order valence-corrected chi connectivity index (χ3v) is 5.36. The summed E-state index contributed by atoms with van der Waals surface area (Å²) in [4.78, 5) is 16.3. The van der Waals surface area contributed by atoms with Gasteiger partial charge < -0.3 is 15.0 Å². The fourth-order valence-electron chi connectivity index (χ4n) is 2.83. The Bertz CT molecular complexity index is 671. The SMILES string of the molecule is COCCCNC(=O)N1CCN(CCc2ccc(S(N)(=O)=O)cc2)CC1. The van der Waals surface area contributed by atoms with Gasteiger partial charge in [-0.25, -0.2) is 18.4 Å². The van der Waals surface area contributed by atoms with Crippen LogP contribution in [0, 0.1) is 0 Å². The predicted molar refractivity (Wildman–Crippen MR) is 99.4 cm³/mol. The van der Waals surface area contributed by atoms with Crippen molar-refractivity contribution < 1.29 is 17.9 Å². The molecule has 1 aliphatic heterocycles. The first kappa shape index (κ1) is 20.6. The molecule has 3 N–H and O–H groups in total. The number of rotatable bonds is 8. The maximum Gasteiger partial charge on any atom is 0.317 e. The van der Waals surface area contributed by atoms with Crippen molar-refractivity contribution in [2.24, 2.45) is 5.14 Å². The van der Waals surface area contributed by atoms with Crippen LogP contribution >= 0.6 is 0 Å². The van der Waals surface area contributed by atoms with E-state index in [9.17, 15) is 13.2 Å². The number of carbonyl (C=O) groups is 1. The lowest BCUT2D eigenvalue weighted by molar-refractivity contribution is 0.139. The lowest BCUT2D eigenvalue weighted by Crippen LogP contribution is -2.52. The second-order valence-electron chi connectivity index (χ2n) is 6.35. The number of carbonyl (C=O) groups excluding carboxylic acids is 1. The molecule has 8 nitrogen and oxygen atoms in total. The number of urea groups is 1. The number of nitrogens with two attached hydrogens (primary N) is 1. The van der Waals surface area contributed by atoms with Crippen LogP contribution in [-0.4, -0.2) is 77.2 Å². The molecule has 1 heterocycles.